The van der Waals surface area contributed by atoms with E-state index in [2.05, 4.69) is 0 Å². The topological polar surface area (TPSA) is 44.8 Å². The van der Waals surface area contributed by atoms with Crippen molar-refractivity contribution >= 4 is 26.4 Å². The van der Waals surface area contributed by atoms with Crippen molar-refractivity contribution in [3.8, 4) is 0 Å². The maximum absolute atomic E-state index is 10.8. The van der Waals surface area contributed by atoms with Gasteiger partial charge in [-0.3, -0.25) is 4.79 Å². The molecule has 0 spiro atoms. The second kappa shape index (κ2) is 5.39. The number of halogens is 1. The van der Waals surface area contributed by atoms with E-state index in [9.17, 15) is 4.79 Å². The molecule has 0 N–H and O–H groups in total. The van der Waals surface area contributed by atoms with Gasteiger partial charge in [-0.15, -0.1) is 0 Å². The number of hydrogen-bond donors (Lipinski definition) is 0. The van der Waals surface area contributed by atoms with Crippen LogP contribution in [0.25, 0.3) is 0 Å². The summed E-state index contributed by atoms with van der Waals surface area (Å²) < 4.78 is 16.2. The number of methoxy groups -OCH3 is 1. The molecule has 5 heteroatoms. The molecule has 0 saturated carbocycles. The summed E-state index contributed by atoms with van der Waals surface area (Å²) in [5.41, 5.74) is 0. The summed E-state index contributed by atoms with van der Waals surface area (Å²) in [6.07, 6.45) is 1.08. The molecule has 1 heterocycles. The molecule has 0 aromatic rings. The predicted molar refractivity (Wildman–Crippen MR) is 59.4 cm³/mol. The predicted octanol–water partition coefficient (Wildman–Crippen LogP) is 1.51. The van der Waals surface area contributed by atoms with Crippen LogP contribution in [0, 0.1) is 0 Å². The van der Waals surface area contributed by atoms with E-state index in [1.807, 2.05) is 6.92 Å². The molecule has 2 unspecified atom stereocenters. The van der Waals surface area contributed by atoms with E-state index in [4.69, 9.17) is 14.2 Å². The van der Waals surface area contributed by atoms with Gasteiger partial charge in [0.2, 0.25) is 0 Å². The highest BCUT2D eigenvalue weighted by Gasteiger charge is 2.36. The summed E-state index contributed by atoms with van der Waals surface area (Å²) >= 11 is 1.78. The number of hydrogen-bond acceptors (Lipinski definition) is 4. The molecule has 1 aliphatic heterocycles. The first-order valence-electron chi connectivity index (χ1n) is 4.55. The van der Waals surface area contributed by atoms with Crippen molar-refractivity contribution in [2.45, 2.75) is 31.7 Å². The summed E-state index contributed by atoms with van der Waals surface area (Å²) in [7, 11) is 1.63. The zero-order valence-electron chi connectivity index (χ0n) is 8.42. The quantitative estimate of drug-likeness (QED) is 0.570. The van der Waals surface area contributed by atoms with Crippen molar-refractivity contribution in [3.05, 3.63) is 0 Å². The van der Waals surface area contributed by atoms with Crippen LogP contribution in [-0.4, -0.2) is 36.0 Å². The van der Waals surface area contributed by atoms with Gasteiger partial charge in [-0.25, -0.2) is 0 Å². The number of rotatable bonds is 5. The molecule has 2 atom stereocenters. The fraction of sp³-hybridized carbons (Fsp3) is 0.889. The van der Waals surface area contributed by atoms with Crippen LogP contribution in [0.5, 0.6) is 0 Å². The average Bonchev–Trinajstić information content (AvgIpc) is 2.46. The van der Waals surface area contributed by atoms with E-state index in [1.54, 1.807) is 29.7 Å². The minimum Gasteiger partial charge on any atom is -0.382 e. The molecular weight excluding hydrogens is 299 g/mol. The third-order valence-corrected chi connectivity index (χ3v) is 2.66. The second-order valence-corrected chi connectivity index (χ2v) is 4.70. The van der Waals surface area contributed by atoms with E-state index in [1.165, 1.54) is 0 Å². The molecule has 4 nitrogen and oxygen atoms in total. The van der Waals surface area contributed by atoms with Gasteiger partial charge in [0, 0.05) is 20.0 Å². The maximum atomic E-state index is 10.8. The summed E-state index contributed by atoms with van der Waals surface area (Å²) in [5, 5.41) is 0. The summed E-state index contributed by atoms with van der Waals surface area (Å²) in [5.74, 6) is -0.607. The second-order valence-electron chi connectivity index (χ2n) is 3.50. The van der Waals surface area contributed by atoms with Gasteiger partial charge in [-0.2, -0.15) is 0 Å². The van der Waals surface area contributed by atoms with E-state index in [-0.39, 0.29) is 9.89 Å². The van der Waals surface area contributed by atoms with Crippen LogP contribution in [0.15, 0.2) is 0 Å². The van der Waals surface area contributed by atoms with Gasteiger partial charge < -0.3 is 14.2 Å². The van der Waals surface area contributed by atoms with Gasteiger partial charge in [0.15, 0.2) is 9.58 Å². The standard InChI is InChI=1S/C9H15IO4/c1-9(4-3-8(10)11)13-6-7(14-9)5-12-2/h7H,3-6H2,1-2H3. The zero-order valence-corrected chi connectivity index (χ0v) is 10.6. The van der Waals surface area contributed by atoms with Crippen molar-refractivity contribution in [2.24, 2.45) is 0 Å². The molecule has 1 fully saturated rings. The molecule has 1 rings (SSSR count). The third kappa shape index (κ3) is 3.80. The Hall–Kier alpha value is 0.280. The summed E-state index contributed by atoms with van der Waals surface area (Å²) in [4.78, 5) is 10.8. The molecule has 0 aromatic heterocycles. The van der Waals surface area contributed by atoms with Gasteiger partial charge in [0.05, 0.1) is 13.2 Å². The van der Waals surface area contributed by atoms with Crippen LogP contribution in [0.3, 0.4) is 0 Å². The fourth-order valence-corrected chi connectivity index (χ4v) is 1.68. The highest BCUT2D eigenvalue weighted by molar-refractivity contribution is 14.1. The Labute approximate surface area is 97.4 Å². The summed E-state index contributed by atoms with van der Waals surface area (Å²) in [6.45, 7) is 2.94. The van der Waals surface area contributed by atoms with Gasteiger partial charge in [-0.1, -0.05) is 0 Å². The lowest BCUT2D eigenvalue weighted by Gasteiger charge is -2.22. The zero-order chi connectivity index (χ0) is 10.6. The van der Waals surface area contributed by atoms with Crippen LogP contribution in [-0.2, 0) is 19.0 Å². The van der Waals surface area contributed by atoms with Crippen molar-refractivity contribution in [3.63, 3.8) is 0 Å². The number of ether oxygens (including phenoxy) is 3. The molecule has 1 saturated heterocycles. The molecule has 0 radical (unpaired) electrons. The molecular formula is C9H15IO4. The number of carbonyl (C=O) groups excluding carboxylic acids is 1. The van der Waals surface area contributed by atoms with Crippen LogP contribution < -0.4 is 0 Å². The molecule has 1 aliphatic rings. The highest BCUT2D eigenvalue weighted by Crippen LogP contribution is 2.28. The molecule has 0 aromatic carbocycles. The Bertz CT molecular complexity index is 209. The van der Waals surface area contributed by atoms with Gasteiger partial charge in [0.1, 0.15) is 6.10 Å². The van der Waals surface area contributed by atoms with Crippen LogP contribution in [0.1, 0.15) is 19.8 Å². The van der Waals surface area contributed by atoms with Crippen LogP contribution in [0.4, 0.5) is 0 Å². The Morgan fingerprint density at radius 1 is 1.71 bits per heavy atom. The minimum absolute atomic E-state index is 0.00527. The van der Waals surface area contributed by atoms with Crippen molar-refractivity contribution < 1.29 is 19.0 Å². The van der Waals surface area contributed by atoms with Crippen molar-refractivity contribution in [2.75, 3.05) is 20.3 Å². The molecule has 14 heavy (non-hydrogen) atoms. The Kier molecular flexibility index (Phi) is 4.75. The summed E-state index contributed by atoms with van der Waals surface area (Å²) in [6, 6.07) is 0. The Balaban J connectivity index is 2.33. The molecule has 0 bridgehead atoms. The van der Waals surface area contributed by atoms with Gasteiger partial charge >= 0.3 is 0 Å². The van der Waals surface area contributed by atoms with E-state index in [0.29, 0.717) is 26.1 Å². The monoisotopic (exact) mass is 314 g/mol. The van der Waals surface area contributed by atoms with Gasteiger partial charge in [0.25, 0.3) is 0 Å². The first kappa shape index (κ1) is 12.4. The first-order valence-corrected chi connectivity index (χ1v) is 5.63. The van der Waals surface area contributed by atoms with Crippen molar-refractivity contribution in [1.82, 2.24) is 0 Å². The first-order chi connectivity index (χ1) is 6.56. The largest absolute Gasteiger partial charge is 0.382 e. The number of carbonyl (C=O) groups is 1. The van der Waals surface area contributed by atoms with Crippen molar-refractivity contribution in [1.29, 1.82) is 0 Å². The third-order valence-electron chi connectivity index (χ3n) is 2.12. The lowest BCUT2D eigenvalue weighted by atomic mass is 10.2. The molecule has 0 aliphatic carbocycles. The maximum Gasteiger partial charge on any atom is 0.192 e. The minimum atomic E-state index is -0.607. The smallest absolute Gasteiger partial charge is 0.192 e. The van der Waals surface area contributed by atoms with Crippen LogP contribution in [0.2, 0.25) is 0 Å². The van der Waals surface area contributed by atoms with E-state index in [0.717, 1.165) is 0 Å². The molecule has 0 amide bonds. The average molecular weight is 314 g/mol. The van der Waals surface area contributed by atoms with E-state index < -0.39 is 5.79 Å². The van der Waals surface area contributed by atoms with Crippen LogP contribution >= 0.6 is 22.6 Å². The lowest BCUT2D eigenvalue weighted by Crippen LogP contribution is -2.28. The Morgan fingerprint density at radius 2 is 2.43 bits per heavy atom. The normalized spacial score (nSPS) is 32.1. The fourth-order valence-electron chi connectivity index (χ4n) is 1.41. The van der Waals surface area contributed by atoms with E-state index >= 15 is 0 Å². The SMILES string of the molecule is COCC1COC(C)(CCC(=O)I)O1. The lowest BCUT2D eigenvalue weighted by molar-refractivity contribution is -0.164. The Morgan fingerprint density at radius 3 is 3.00 bits per heavy atom. The van der Waals surface area contributed by atoms with Gasteiger partial charge in [-0.05, 0) is 29.5 Å². The molecule has 82 valence electrons. The highest BCUT2D eigenvalue weighted by atomic mass is 127.